The van der Waals surface area contributed by atoms with E-state index in [0.29, 0.717) is 58.2 Å². The van der Waals surface area contributed by atoms with Crippen LogP contribution in [0, 0.1) is 74.0 Å². The average Bonchev–Trinajstić information content (AvgIpc) is 4.21. The van der Waals surface area contributed by atoms with Crippen LogP contribution in [-0.2, 0) is 77.6 Å². The number of nitrogens with one attached hydrogen (secondary N) is 3. The zero-order chi connectivity index (χ0) is 48.7. The standard InChI is InChI=1S/3C16H20N6O.CH4.3CH3.3W/c3*1-21(16-13-6-8-18-15(13)19-11-20-16)22-9-3-4-12(10-22)14(23)5-2-7-17;;;;;;;/h3*6,8,11-12H,2-5,9-10H2,1H3,(H,18,19,20);1H4;3*1H3;;;/q;;;;3*-1;;;/t2*12-;;;;;;;;/m10......../s1. The Morgan fingerprint density at radius 1 is 0.513 bits per heavy atom. The maximum atomic E-state index is 12.2. The van der Waals surface area contributed by atoms with E-state index >= 15 is 0 Å². The van der Waals surface area contributed by atoms with Crippen molar-refractivity contribution in [2.45, 2.75) is 84.5 Å². The van der Waals surface area contributed by atoms with E-state index in [0.717, 1.165) is 109 Å². The zero-order valence-electron chi connectivity index (χ0n) is 43.8. The SMILES string of the molecule is C.CN(c1ncnc2[nH]ccc12)N1CCCC(C(=O)CCC#N)C1.CN(c1ncnc2[nH]ccc12)N1CCC[C@@H](C(=O)CCC#N)C1.CN(c1ncnc2[nH]ccc12)N1CCC[C@H](C(=O)CCC#N)C1.[CH3-].[CH3-].[CH3-].[W].[W].[W]. The van der Waals surface area contributed by atoms with Crippen molar-refractivity contribution in [3.63, 3.8) is 0 Å². The van der Waals surface area contributed by atoms with Crippen LogP contribution in [0.2, 0.25) is 0 Å². The molecule has 3 fully saturated rings. The van der Waals surface area contributed by atoms with Crippen LogP contribution in [0.25, 0.3) is 33.1 Å². The Labute approximate surface area is 491 Å². The molecule has 3 saturated heterocycles. The Hall–Kier alpha value is -5.32. The monoisotopic (exact) mass is 1550 g/mol. The average molecular weight is 1550 g/mol. The summed E-state index contributed by atoms with van der Waals surface area (Å²) in [6.45, 7) is 4.72. The van der Waals surface area contributed by atoms with E-state index in [4.69, 9.17) is 15.8 Å². The van der Waals surface area contributed by atoms with Gasteiger partial charge in [0.05, 0.1) is 34.4 Å². The molecule has 0 saturated carbocycles. The number of Topliss-reactive ketones (excluding diaryl/α,β-unsaturated/α-hetero) is 3. The van der Waals surface area contributed by atoms with E-state index in [1.807, 2.05) is 91.2 Å². The van der Waals surface area contributed by atoms with Crippen LogP contribution in [0.15, 0.2) is 55.8 Å². The molecule has 24 heteroatoms. The summed E-state index contributed by atoms with van der Waals surface area (Å²) in [5, 5.41) is 41.4. The number of nitriles is 3. The minimum atomic E-state index is 0. The van der Waals surface area contributed by atoms with Crippen molar-refractivity contribution < 1.29 is 77.6 Å². The summed E-state index contributed by atoms with van der Waals surface area (Å²) < 4.78 is 0. The molecule has 410 valence electrons. The van der Waals surface area contributed by atoms with Crippen LogP contribution < -0.4 is 15.0 Å². The molecule has 76 heavy (non-hydrogen) atoms. The van der Waals surface area contributed by atoms with Gasteiger partial charge in [-0.05, 0) is 56.7 Å². The Morgan fingerprint density at radius 3 is 1.03 bits per heavy atom. The molecule has 0 bridgehead atoms. The van der Waals surface area contributed by atoms with Crippen molar-refractivity contribution in [3.05, 3.63) is 78.1 Å². The molecule has 3 atom stereocenters. The number of fused-ring (bicyclic) bond motifs is 3. The normalized spacial score (nSPS) is 17.0. The molecule has 21 nitrogen and oxygen atoms in total. The van der Waals surface area contributed by atoms with Gasteiger partial charge >= 0.3 is 0 Å². The van der Waals surface area contributed by atoms with E-state index in [1.165, 1.54) is 0 Å². The van der Waals surface area contributed by atoms with Crippen LogP contribution >= 0.6 is 0 Å². The van der Waals surface area contributed by atoms with E-state index in [1.54, 1.807) is 19.0 Å². The third-order valence-corrected chi connectivity index (χ3v) is 13.2. The molecule has 0 amide bonds. The third kappa shape index (κ3) is 17.9. The van der Waals surface area contributed by atoms with E-state index < -0.39 is 0 Å². The predicted octanol–water partition coefficient (Wildman–Crippen LogP) is 7.66. The van der Waals surface area contributed by atoms with Gasteiger partial charge in [-0.3, -0.25) is 29.4 Å². The van der Waals surface area contributed by atoms with Crippen molar-refractivity contribution in [1.29, 1.82) is 15.8 Å². The van der Waals surface area contributed by atoms with Crippen molar-refractivity contribution >= 4 is 67.9 Å². The molecule has 6 aromatic heterocycles. The van der Waals surface area contributed by atoms with Crippen LogP contribution in [0.4, 0.5) is 17.5 Å². The molecule has 0 aromatic carbocycles. The number of piperidine rings is 3. The fraction of sp³-hybridized carbons (Fsp3) is 0.481. The molecule has 6 aromatic rings. The molecule has 0 radical (unpaired) electrons. The molecule has 0 aliphatic carbocycles. The summed E-state index contributed by atoms with van der Waals surface area (Å²) in [6.07, 6.45) is 17.8. The number of aromatic nitrogens is 9. The third-order valence-electron chi connectivity index (χ3n) is 13.2. The van der Waals surface area contributed by atoms with Gasteiger partial charge in [0.25, 0.3) is 0 Å². The van der Waals surface area contributed by atoms with Gasteiger partial charge in [0.2, 0.25) is 0 Å². The summed E-state index contributed by atoms with van der Waals surface area (Å²) >= 11 is 0. The molecular weight excluding hydrogens is 1480 g/mol. The van der Waals surface area contributed by atoms with Crippen LogP contribution in [0.5, 0.6) is 0 Å². The molecule has 3 N–H and O–H groups in total. The summed E-state index contributed by atoms with van der Waals surface area (Å²) in [4.78, 5) is 71.7. The van der Waals surface area contributed by atoms with Gasteiger partial charge in [0.15, 0.2) is 17.5 Å². The Morgan fingerprint density at radius 2 is 0.776 bits per heavy atom. The second kappa shape index (κ2) is 35.2. The van der Waals surface area contributed by atoms with E-state index in [2.05, 4.69) is 59.9 Å². The number of carbonyl (C=O) groups is 3. The molecule has 3 aliphatic rings. The Bertz CT molecular complexity index is 2520. The van der Waals surface area contributed by atoms with E-state index in [9.17, 15) is 14.4 Å². The maximum Gasteiger partial charge on any atom is 0.155 e. The first kappa shape index (κ1) is 70.7. The summed E-state index contributed by atoms with van der Waals surface area (Å²) in [5.74, 6) is 3.09. The maximum absolute atomic E-state index is 12.2. The molecule has 9 rings (SSSR count). The largest absolute Gasteiger partial charge is 0.358 e. The number of nitrogens with zero attached hydrogens (tertiary/aromatic N) is 15. The number of H-pyrrole nitrogens is 3. The number of aromatic amines is 3. The molecule has 3 aliphatic heterocycles. The number of hydrogen-bond acceptors (Lipinski definition) is 18. The topological polar surface area (TPSA) is 267 Å². The second-order valence-corrected chi connectivity index (χ2v) is 17.5. The number of ketones is 3. The quantitative estimate of drug-likeness (QED) is 0.0833. The Balaban J connectivity index is 0.00000106. The smallest absolute Gasteiger partial charge is 0.155 e. The van der Waals surface area contributed by atoms with Gasteiger partial charge in [-0.2, -0.15) is 15.8 Å². The fourth-order valence-electron chi connectivity index (χ4n) is 9.38. The molecule has 0 spiro atoms. The minimum Gasteiger partial charge on any atom is -0.358 e. The summed E-state index contributed by atoms with van der Waals surface area (Å²) in [6, 6.07) is 12.0. The fourth-order valence-corrected chi connectivity index (χ4v) is 9.38. The van der Waals surface area contributed by atoms with Gasteiger partial charge in [-0.1, -0.05) is 7.43 Å². The summed E-state index contributed by atoms with van der Waals surface area (Å²) in [5.41, 5.74) is 2.42. The second-order valence-electron chi connectivity index (χ2n) is 17.5. The predicted molar refractivity (Wildman–Crippen MR) is 285 cm³/mol. The zero-order valence-corrected chi connectivity index (χ0v) is 52.6. The summed E-state index contributed by atoms with van der Waals surface area (Å²) in [7, 11) is 5.91. The minimum absolute atomic E-state index is 0. The number of rotatable bonds is 15. The van der Waals surface area contributed by atoms with Crippen molar-refractivity contribution in [3.8, 4) is 18.2 Å². The molecule has 9 heterocycles. The van der Waals surface area contributed by atoms with Gasteiger partial charge in [-0.15, -0.1) is 0 Å². The molecular formula is C52H73N18O3W3-3. The van der Waals surface area contributed by atoms with Crippen molar-refractivity contribution in [1.82, 2.24) is 59.9 Å². The van der Waals surface area contributed by atoms with Gasteiger partial charge in [0.1, 0.15) is 53.3 Å². The van der Waals surface area contributed by atoms with Crippen LogP contribution in [0.1, 0.15) is 84.5 Å². The number of hydrogen-bond donors (Lipinski definition) is 3. The van der Waals surface area contributed by atoms with Crippen molar-refractivity contribution in [2.75, 3.05) is 75.4 Å². The first-order valence-electron chi connectivity index (χ1n) is 23.6. The number of anilines is 3. The van der Waals surface area contributed by atoms with Gasteiger partial charge in [0, 0.05) is 198 Å². The molecule has 1 unspecified atom stereocenters. The van der Waals surface area contributed by atoms with Gasteiger partial charge in [-0.25, -0.2) is 44.9 Å². The first-order valence-corrected chi connectivity index (χ1v) is 23.6. The number of carbonyl (C=O) groups excluding carboxylic acids is 3. The number of hydrazine groups is 3. The van der Waals surface area contributed by atoms with Crippen LogP contribution in [-0.4, -0.2) is 138 Å². The van der Waals surface area contributed by atoms with Crippen molar-refractivity contribution in [2.24, 2.45) is 17.8 Å². The van der Waals surface area contributed by atoms with E-state index in [-0.39, 0.29) is 128 Å². The van der Waals surface area contributed by atoms with Gasteiger partial charge < -0.3 is 37.2 Å². The van der Waals surface area contributed by atoms with Crippen LogP contribution in [0.3, 0.4) is 0 Å². The first-order chi connectivity index (χ1) is 33.6. The Kier molecular flexibility index (Phi) is 32.7.